The lowest BCUT2D eigenvalue weighted by atomic mass is 9.73. The first-order valence-electron chi connectivity index (χ1n) is 13.5. The summed E-state index contributed by atoms with van der Waals surface area (Å²) >= 11 is 5.38. The van der Waals surface area contributed by atoms with Gasteiger partial charge in [-0.2, -0.15) is 4.98 Å². The molecule has 0 amide bonds. The molecule has 3 aromatic rings. The summed E-state index contributed by atoms with van der Waals surface area (Å²) < 4.78 is 15.0. The molecule has 0 spiro atoms. The van der Waals surface area contributed by atoms with Gasteiger partial charge in [0.25, 0.3) is 0 Å². The largest absolute Gasteiger partial charge is 0.490 e. The molecule has 1 atom stereocenters. The minimum Gasteiger partial charge on any atom is -0.490 e. The van der Waals surface area contributed by atoms with Gasteiger partial charge in [-0.05, 0) is 76.9 Å². The smallest absolute Gasteiger partial charge is 0.227 e. The summed E-state index contributed by atoms with van der Waals surface area (Å²) in [7, 11) is 0. The van der Waals surface area contributed by atoms with Crippen LogP contribution in [0.15, 0.2) is 57.3 Å². The molecule has 2 aliphatic rings. The van der Waals surface area contributed by atoms with E-state index in [1.54, 1.807) is 11.8 Å². The summed E-state index contributed by atoms with van der Waals surface area (Å²) in [4.78, 5) is 18.4. The van der Waals surface area contributed by atoms with E-state index in [-0.39, 0.29) is 11.2 Å². The van der Waals surface area contributed by atoms with Gasteiger partial charge in [0, 0.05) is 23.4 Å². The number of nitrogens with zero attached hydrogens (tertiary/aromatic N) is 3. The first-order chi connectivity index (χ1) is 18.7. The quantitative estimate of drug-likeness (QED) is 0.251. The zero-order chi connectivity index (χ0) is 27.7. The monoisotopic (exact) mass is 610 g/mol. The second-order valence-electron chi connectivity index (χ2n) is 10.8. The number of halogens is 1. The standard InChI is InChI=1S/C30H35BrN4O3S/c1-6-12-39-29-33-28-32-22-15-30(4,5)16-23(36)25(22)26(35(28)34-29)20-13-21(31)27(24(14-20)37-7-2)38-17-19-11-9-8-10-18(19)3/h8-11,13-14,26H,6-7,12,15-17H2,1-5H3,(H,32,33,34). The molecule has 1 N–H and O–H groups in total. The van der Waals surface area contributed by atoms with Gasteiger partial charge in [-0.1, -0.05) is 56.8 Å². The summed E-state index contributed by atoms with van der Waals surface area (Å²) in [5.74, 6) is 3.00. The Morgan fingerprint density at radius 3 is 2.72 bits per heavy atom. The predicted octanol–water partition coefficient (Wildman–Crippen LogP) is 7.49. The molecule has 0 radical (unpaired) electrons. The molecule has 7 nitrogen and oxygen atoms in total. The molecular weight excluding hydrogens is 576 g/mol. The molecular formula is C30H35BrN4O3S. The first-order valence-corrected chi connectivity index (χ1v) is 15.2. The number of carbonyl (C=O) groups is 1. The fourth-order valence-corrected chi connectivity index (χ4v) is 6.48. The molecule has 0 bridgehead atoms. The third-order valence-electron chi connectivity index (χ3n) is 7.03. The summed E-state index contributed by atoms with van der Waals surface area (Å²) in [6.07, 6.45) is 2.29. The van der Waals surface area contributed by atoms with E-state index >= 15 is 0 Å². The number of anilines is 1. The van der Waals surface area contributed by atoms with E-state index in [0.29, 0.717) is 42.2 Å². The normalized spacial score (nSPS) is 17.9. The number of thioether (sulfide) groups is 1. The Hall–Kier alpha value is -2.78. The van der Waals surface area contributed by atoms with Gasteiger partial charge in [-0.3, -0.25) is 4.79 Å². The Morgan fingerprint density at radius 1 is 1.18 bits per heavy atom. The van der Waals surface area contributed by atoms with Gasteiger partial charge >= 0.3 is 0 Å². The molecule has 1 aliphatic carbocycles. The van der Waals surface area contributed by atoms with Crippen molar-refractivity contribution in [2.75, 3.05) is 17.7 Å². The topological polar surface area (TPSA) is 78.3 Å². The Morgan fingerprint density at radius 2 is 1.97 bits per heavy atom. The number of aryl methyl sites for hydroxylation is 1. The van der Waals surface area contributed by atoms with Crippen LogP contribution in [0.3, 0.4) is 0 Å². The number of hydrogen-bond acceptors (Lipinski definition) is 7. The fraction of sp³-hybridized carbons (Fsp3) is 0.433. The minimum atomic E-state index is -0.413. The third kappa shape index (κ3) is 5.75. The Labute approximate surface area is 242 Å². The van der Waals surface area contributed by atoms with Crippen LogP contribution in [0.5, 0.6) is 11.5 Å². The van der Waals surface area contributed by atoms with Gasteiger partial charge in [0.2, 0.25) is 11.1 Å². The van der Waals surface area contributed by atoms with Crippen LogP contribution in [-0.2, 0) is 11.4 Å². The van der Waals surface area contributed by atoms with Crippen LogP contribution in [0.25, 0.3) is 0 Å². The average Bonchev–Trinajstić information content (AvgIpc) is 3.28. The number of hydrogen-bond donors (Lipinski definition) is 1. The Kier molecular flexibility index (Phi) is 8.10. The molecule has 0 saturated heterocycles. The number of fused-ring (bicyclic) bond motifs is 1. The predicted molar refractivity (Wildman–Crippen MR) is 159 cm³/mol. The molecule has 1 unspecified atom stereocenters. The van der Waals surface area contributed by atoms with Crippen LogP contribution in [0.2, 0.25) is 0 Å². The van der Waals surface area contributed by atoms with Gasteiger partial charge < -0.3 is 14.8 Å². The van der Waals surface area contributed by atoms with Crippen molar-refractivity contribution in [3.8, 4) is 11.5 Å². The molecule has 1 aromatic heterocycles. The zero-order valence-electron chi connectivity index (χ0n) is 23.1. The number of nitrogens with one attached hydrogen (secondary N) is 1. The van der Waals surface area contributed by atoms with E-state index in [0.717, 1.165) is 45.5 Å². The van der Waals surface area contributed by atoms with Crippen LogP contribution >= 0.6 is 27.7 Å². The molecule has 39 heavy (non-hydrogen) atoms. The van der Waals surface area contributed by atoms with Crippen LogP contribution in [0, 0.1) is 12.3 Å². The van der Waals surface area contributed by atoms with E-state index in [4.69, 9.17) is 19.6 Å². The summed E-state index contributed by atoms with van der Waals surface area (Å²) in [5.41, 5.74) is 4.74. The Bertz CT molecular complexity index is 1430. The van der Waals surface area contributed by atoms with Crippen LogP contribution in [-0.4, -0.2) is 32.9 Å². The number of allylic oxidation sites excluding steroid dienone is 2. The van der Waals surface area contributed by atoms with Crippen molar-refractivity contribution in [1.82, 2.24) is 14.8 Å². The van der Waals surface area contributed by atoms with Gasteiger partial charge in [0.1, 0.15) is 12.6 Å². The lowest BCUT2D eigenvalue weighted by Crippen LogP contribution is -2.36. The first kappa shape index (κ1) is 27.8. The van der Waals surface area contributed by atoms with Gasteiger partial charge in [0.05, 0.1) is 11.1 Å². The van der Waals surface area contributed by atoms with E-state index in [2.05, 4.69) is 61.1 Å². The van der Waals surface area contributed by atoms with Crippen LogP contribution in [0.4, 0.5) is 5.95 Å². The van der Waals surface area contributed by atoms with Crippen LogP contribution in [0.1, 0.15) is 69.7 Å². The van der Waals surface area contributed by atoms with Crippen molar-refractivity contribution >= 4 is 39.4 Å². The van der Waals surface area contributed by atoms with Crippen LogP contribution < -0.4 is 14.8 Å². The van der Waals surface area contributed by atoms with Gasteiger partial charge in [-0.25, -0.2) is 4.68 Å². The fourth-order valence-electron chi connectivity index (χ4n) is 5.22. The highest BCUT2D eigenvalue weighted by atomic mass is 79.9. The van der Waals surface area contributed by atoms with Crippen molar-refractivity contribution < 1.29 is 14.3 Å². The third-order valence-corrected chi connectivity index (χ3v) is 8.66. The lowest BCUT2D eigenvalue weighted by molar-refractivity contribution is -0.118. The molecule has 9 heteroatoms. The van der Waals surface area contributed by atoms with Crippen molar-refractivity contribution in [3.05, 3.63) is 68.8 Å². The van der Waals surface area contributed by atoms with Crippen molar-refractivity contribution in [2.45, 2.75) is 71.7 Å². The number of Topliss-reactive ketones (excluding diaryl/α,β-unsaturated/α-hetero) is 1. The van der Waals surface area contributed by atoms with Crippen molar-refractivity contribution in [3.63, 3.8) is 0 Å². The maximum absolute atomic E-state index is 13.6. The minimum absolute atomic E-state index is 0.125. The van der Waals surface area contributed by atoms with Gasteiger partial charge in [0.15, 0.2) is 17.3 Å². The maximum Gasteiger partial charge on any atom is 0.227 e. The van der Waals surface area contributed by atoms with Gasteiger partial charge in [-0.15, -0.1) is 5.10 Å². The lowest BCUT2D eigenvalue weighted by Gasteiger charge is -2.38. The summed E-state index contributed by atoms with van der Waals surface area (Å²) in [5, 5.41) is 9.02. The van der Waals surface area contributed by atoms with E-state index in [1.807, 2.05) is 35.9 Å². The summed E-state index contributed by atoms with van der Waals surface area (Å²) in [6.45, 7) is 11.3. The molecule has 0 fully saturated rings. The SMILES string of the molecule is CCCSc1nc2n(n1)C(c1cc(Br)c(OCc3ccccc3C)c(OCC)c1)C1=C(CC(C)(C)CC1=O)N2. The summed E-state index contributed by atoms with van der Waals surface area (Å²) in [6, 6.07) is 11.8. The Balaban J connectivity index is 1.58. The average molecular weight is 612 g/mol. The molecule has 5 rings (SSSR count). The number of benzene rings is 2. The highest BCUT2D eigenvalue weighted by Crippen LogP contribution is 2.48. The van der Waals surface area contributed by atoms with E-state index in [9.17, 15) is 4.79 Å². The number of rotatable bonds is 9. The van der Waals surface area contributed by atoms with E-state index in [1.165, 1.54) is 5.56 Å². The second kappa shape index (κ2) is 11.4. The second-order valence-corrected chi connectivity index (χ2v) is 12.8. The number of ketones is 1. The molecule has 206 valence electrons. The highest BCUT2D eigenvalue weighted by Gasteiger charge is 2.42. The number of aromatic nitrogens is 3. The molecule has 2 aromatic carbocycles. The molecule has 1 aliphatic heterocycles. The number of ether oxygens (including phenoxy) is 2. The maximum atomic E-state index is 13.6. The van der Waals surface area contributed by atoms with E-state index < -0.39 is 6.04 Å². The molecule has 0 saturated carbocycles. The zero-order valence-corrected chi connectivity index (χ0v) is 25.5. The molecule has 2 heterocycles. The van der Waals surface area contributed by atoms with Crippen molar-refractivity contribution in [2.24, 2.45) is 5.41 Å². The highest BCUT2D eigenvalue weighted by molar-refractivity contribution is 9.10. The van der Waals surface area contributed by atoms with Crippen molar-refractivity contribution in [1.29, 1.82) is 0 Å². The number of carbonyl (C=O) groups excluding carboxylic acids is 1.